The first-order valence-electron chi connectivity index (χ1n) is 5.99. The summed E-state index contributed by atoms with van der Waals surface area (Å²) in [7, 11) is 0. The topological polar surface area (TPSA) is 41.1 Å². The molecule has 1 heterocycles. The number of amides is 1. The van der Waals surface area contributed by atoms with Crippen LogP contribution in [0.3, 0.4) is 0 Å². The van der Waals surface area contributed by atoms with Crippen molar-refractivity contribution < 1.29 is 4.79 Å². The standard InChI is InChI=1S/C14H13ClN2O/c15-12-7-11-10(6-13(12)17-8-18)4-5-16-14(11)9-2-1-3-9/h4-8,16H,1-3H2,(H,17,18). The van der Waals surface area contributed by atoms with Crippen LogP contribution in [0.4, 0.5) is 5.69 Å². The van der Waals surface area contributed by atoms with Gasteiger partial charge in [-0.1, -0.05) is 11.6 Å². The second-order valence-corrected chi connectivity index (χ2v) is 4.90. The molecule has 1 aliphatic carbocycles. The van der Waals surface area contributed by atoms with Crippen LogP contribution >= 0.6 is 11.6 Å². The summed E-state index contributed by atoms with van der Waals surface area (Å²) in [5.74, 6) is 0. The summed E-state index contributed by atoms with van der Waals surface area (Å²) in [6, 6.07) is 3.82. The fraction of sp³-hybridized carbons (Fsp3) is 0.214. The molecule has 2 aliphatic rings. The second kappa shape index (κ2) is 4.50. The summed E-state index contributed by atoms with van der Waals surface area (Å²) in [5, 5.41) is 6.49. The Morgan fingerprint density at radius 1 is 1.33 bits per heavy atom. The van der Waals surface area contributed by atoms with Crippen molar-refractivity contribution in [1.82, 2.24) is 5.32 Å². The van der Waals surface area contributed by atoms with E-state index in [1.807, 2.05) is 24.4 Å². The molecule has 3 nitrogen and oxygen atoms in total. The molecule has 3 rings (SSSR count). The minimum Gasteiger partial charge on any atom is -0.361 e. The summed E-state index contributed by atoms with van der Waals surface area (Å²) in [4.78, 5) is 10.5. The average molecular weight is 261 g/mol. The third-order valence-corrected chi connectivity index (χ3v) is 3.74. The van der Waals surface area contributed by atoms with Gasteiger partial charge in [0.1, 0.15) is 0 Å². The molecule has 0 spiro atoms. The Balaban J connectivity index is 2.11. The van der Waals surface area contributed by atoms with Crippen LogP contribution in [-0.2, 0) is 4.79 Å². The van der Waals surface area contributed by atoms with Gasteiger partial charge in [0.05, 0.1) is 10.7 Å². The van der Waals surface area contributed by atoms with E-state index in [-0.39, 0.29) is 0 Å². The van der Waals surface area contributed by atoms with Crippen LogP contribution in [0.1, 0.15) is 30.4 Å². The summed E-state index contributed by atoms with van der Waals surface area (Å²) in [6.45, 7) is 0. The monoisotopic (exact) mass is 260 g/mol. The van der Waals surface area contributed by atoms with Gasteiger partial charge in [-0.25, -0.2) is 0 Å². The zero-order valence-electron chi connectivity index (χ0n) is 9.79. The molecule has 2 N–H and O–H groups in total. The Hall–Kier alpha value is -1.74. The lowest BCUT2D eigenvalue weighted by atomic mass is 9.86. The number of nitrogens with one attached hydrogen (secondary N) is 2. The summed E-state index contributed by atoms with van der Waals surface area (Å²) in [5.41, 5.74) is 5.48. The molecular formula is C14H13ClN2O. The van der Waals surface area contributed by atoms with Gasteiger partial charge in [-0.3, -0.25) is 4.79 Å². The van der Waals surface area contributed by atoms with Crippen LogP contribution in [-0.4, -0.2) is 6.41 Å². The molecule has 0 saturated heterocycles. The van der Waals surface area contributed by atoms with Gasteiger partial charge in [0, 0.05) is 17.5 Å². The summed E-state index contributed by atoms with van der Waals surface area (Å²) < 4.78 is 0. The third kappa shape index (κ3) is 1.81. The molecular weight excluding hydrogens is 248 g/mol. The normalized spacial score (nSPS) is 16.7. The van der Waals surface area contributed by atoms with E-state index in [1.54, 1.807) is 0 Å². The molecule has 0 radical (unpaired) electrons. The van der Waals surface area contributed by atoms with Gasteiger partial charge in [-0.2, -0.15) is 0 Å². The molecule has 0 unspecified atom stereocenters. The Bertz CT molecular complexity index is 569. The highest BCUT2D eigenvalue weighted by atomic mass is 35.5. The number of rotatable bonds is 2. The highest BCUT2D eigenvalue weighted by Crippen LogP contribution is 2.38. The lowest BCUT2D eigenvalue weighted by molar-refractivity contribution is -0.105. The molecule has 1 aromatic rings. The SMILES string of the molecule is O=CNc1cc2c(cc1Cl)C(=C1CCC1)NC=C2. The van der Waals surface area contributed by atoms with E-state index in [4.69, 9.17) is 11.6 Å². The highest BCUT2D eigenvalue weighted by Gasteiger charge is 2.20. The lowest BCUT2D eigenvalue weighted by Crippen LogP contribution is -2.15. The first-order valence-corrected chi connectivity index (χ1v) is 6.36. The summed E-state index contributed by atoms with van der Waals surface area (Å²) >= 11 is 6.18. The van der Waals surface area contributed by atoms with Crippen molar-refractivity contribution in [3.05, 3.63) is 40.1 Å². The zero-order valence-corrected chi connectivity index (χ0v) is 10.6. The van der Waals surface area contributed by atoms with Crippen LogP contribution in [0.5, 0.6) is 0 Å². The first kappa shape index (κ1) is 11.4. The van der Waals surface area contributed by atoms with E-state index < -0.39 is 0 Å². The molecule has 1 fully saturated rings. The van der Waals surface area contributed by atoms with E-state index in [2.05, 4.69) is 10.6 Å². The molecule has 0 bridgehead atoms. The van der Waals surface area contributed by atoms with Gasteiger partial charge in [0.2, 0.25) is 6.41 Å². The predicted molar refractivity (Wildman–Crippen MR) is 74.1 cm³/mol. The molecule has 4 heteroatoms. The molecule has 1 aliphatic heterocycles. The number of fused-ring (bicyclic) bond motifs is 1. The van der Waals surface area contributed by atoms with Crippen LogP contribution in [0.2, 0.25) is 5.02 Å². The van der Waals surface area contributed by atoms with E-state index in [0.29, 0.717) is 17.1 Å². The van der Waals surface area contributed by atoms with Crippen LogP contribution < -0.4 is 10.6 Å². The second-order valence-electron chi connectivity index (χ2n) is 4.49. The fourth-order valence-corrected chi connectivity index (χ4v) is 2.53. The minimum atomic E-state index is 0.565. The quantitative estimate of drug-likeness (QED) is 0.801. The van der Waals surface area contributed by atoms with Crippen molar-refractivity contribution in [1.29, 1.82) is 0 Å². The van der Waals surface area contributed by atoms with Crippen molar-refractivity contribution in [2.24, 2.45) is 0 Å². The van der Waals surface area contributed by atoms with E-state index >= 15 is 0 Å². The summed E-state index contributed by atoms with van der Waals surface area (Å²) in [6.07, 6.45) is 8.14. The van der Waals surface area contributed by atoms with Crippen molar-refractivity contribution in [2.75, 3.05) is 5.32 Å². The maximum atomic E-state index is 10.5. The molecule has 1 amide bonds. The van der Waals surface area contributed by atoms with Gasteiger partial charge in [-0.05, 0) is 48.6 Å². The third-order valence-electron chi connectivity index (χ3n) is 3.42. The van der Waals surface area contributed by atoms with Crippen molar-refractivity contribution in [3.63, 3.8) is 0 Å². The van der Waals surface area contributed by atoms with Crippen molar-refractivity contribution in [3.8, 4) is 0 Å². The van der Waals surface area contributed by atoms with Crippen LogP contribution in [0.15, 0.2) is 23.9 Å². The highest BCUT2D eigenvalue weighted by molar-refractivity contribution is 6.33. The Morgan fingerprint density at radius 2 is 2.17 bits per heavy atom. The van der Waals surface area contributed by atoms with Gasteiger partial charge in [-0.15, -0.1) is 0 Å². The number of carbonyl (C=O) groups excluding carboxylic acids is 1. The minimum absolute atomic E-state index is 0.565. The fourth-order valence-electron chi connectivity index (χ4n) is 2.31. The predicted octanol–water partition coefficient (Wildman–Crippen LogP) is 3.38. The van der Waals surface area contributed by atoms with Crippen LogP contribution in [0.25, 0.3) is 11.8 Å². The average Bonchev–Trinajstić information content (AvgIpc) is 2.29. The number of benzene rings is 1. The number of hydrogen-bond donors (Lipinski definition) is 2. The molecule has 0 aromatic heterocycles. The Kier molecular flexibility index (Phi) is 2.84. The lowest BCUT2D eigenvalue weighted by Gasteiger charge is -2.26. The van der Waals surface area contributed by atoms with Gasteiger partial charge < -0.3 is 10.6 Å². The van der Waals surface area contributed by atoms with Crippen LogP contribution in [0, 0.1) is 0 Å². The molecule has 18 heavy (non-hydrogen) atoms. The van der Waals surface area contributed by atoms with Gasteiger partial charge in [0.25, 0.3) is 0 Å². The maximum absolute atomic E-state index is 10.5. The van der Waals surface area contributed by atoms with Crippen molar-refractivity contribution >= 4 is 35.5 Å². The Labute approximate surface area is 111 Å². The first-order chi connectivity index (χ1) is 8.79. The number of carbonyl (C=O) groups is 1. The molecule has 1 aromatic carbocycles. The largest absolute Gasteiger partial charge is 0.361 e. The maximum Gasteiger partial charge on any atom is 0.211 e. The smallest absolute Gasteiger partial charge is 0.211 e. The van der Waals surface area contributed by atoms with Crippen molar-refractivity contribution in [2.45, 2.75) is 19.3 Å². The van der Waals surface area contributed by atoms with Gasteiger partial charge >= 0.3 is 0 Å². The number of allylic oxidation sites excluding steroid dienone is 1. The Morgan fingerprint density at radius 3 is 2.83 bits per heavy atom. The zero-order chi connectivity index (χ0) is 12.5. The molecule has 92 valence electrons. The number of hydrogen-bond acceptors (Lipinski definition) is 2. The van der Waals surface area contributed by atoms with Gasteiger partial charge in [0.15, 0.2) is 0 Å². The molecule has 0 atom stereocenters. The number of halogens is 1. The van der Waals surface area contributed by atoms with E-state index in [9.17, 15) is 4.79 Å². The number of anilines is 1. The van der Waals surface area contributed by atoms with E-state index in [0.717, 1.165) is 24.0 Å². The molecule has 1 saturated carbocycles. The van der Waals surface area contributed by atoms with E-state index in [1.165, 1.54) is 17.7 Å².